The second-order valence-corrected chi connectivity index (χ2v) is 6.41. The molecule has 2 atom stereocenters. The van der Waals surface area contributed by atoms with Crippen molar-refractivity contribution < 1.29 is 4.79 Å². The van der Waals surface area contributed by atoms with Gasteiger partial charge in [0.2, 0.25) is 5.91 Å². The quantitative estimate of drug-likeness (QED) is 0.841. The van der Waals surface area contributed by atoms with Crippen molar-refractivity contribution in [3.8, 4) is 0 Å². The fraction of sp³-hybridized carbons (Fsp3) is 0.571. The highest BCUT2D eigenvalue weighted by atomic mass is 79.9. The molecule has 4 nitrogen and oxygen atoms in total. The number of pyridine rings is 1. The fourth-order valence-electron chi connectivity index (χ4n) is 3.27. The Balaban J connectivity index is 1.52. The fourth-order valence-corrected chi connectivity index (χ4v) is 3.50. The number of rotatable bonds is 3. The van der Waals surface area contributed by atoms with Crippen LogP contribution in [0.3, 0.4) is 0 Å². The number of anilines is 1. The van der Waals surface area contributed by atoms with E-state index in [-0.39, 0.29) is 5.91 Å². The molecule has 0 aliphatic carbocycles. The van der Waals surface area contributed by atoms with E-state index in [9.17, 15) is 4.79 Å². The summed E-state index contributed by atoms with van der Waals surface area (Å²) in [4.78, 5) is 16.1. The number of halogens is 1. The average molecular weight is 324 g/mol. The lowest BCUT2D eigenvalue weighted by molar-refractivity contribution is -0.117. The van der Waals surface area contributed by atoms with Crippen LogP contribution < -0.4 is 10.6 Å². The lowest BCUT2D eigenvalue weighted by atomic mass is 9.89. The maximum Gasteiger partial charge on any atom is 0.224 e. The van der Waals surface area contributed by atoms with E-state index in [0.717, 1.165) is 23.1 Å². The molecule has 2 saturated heterocycles. The van der Waals surface area contributed by atoms with Crippen LogP contribution in [0.4, 0.5) is 5.69 Å². The lowest BCUT2D eigenvalue weighted by Gasteiger charge is -2.28. The van der Waals surface area contributed by atoms with Crippen molar-refractivity contribution in [1.82, 2.24) is 10.3 Å². The molecule has 1 aromatic heterocycles. The number of carbonyl (C=O) groups is 1. The van der Waals surface area contributed by atoms with Crippen LogP contribution in [-0.2, 0) is 4.79 Å². The molecule has 0 saturated carbocycles. The Hall–Kier alpha value is -0.940. The van der Waals surface area contributed by atoms with Crippen molar-refractivity contribution in [2.45, 2.75) is 44.2 Å². The maximum atomic E-state index is 12.0. The predicted octanol–water partition coefficient (Wildman–Crippen LogP) is 2.70. The minimum atomic E-state index is 0.107. The summed E-state index contributed by atoms with van der Waals surface area (Å²) in [5, 5.41) is 6.53. The largest absolute Gasteiger partial charge is 0.325 e. The first-order valence-electron chi connectivity index (χ1n) is 6.86. The van der Waals surface area contributed by atoms with Crippen LogP contribution in [0.2, 0.25) is 0 Å². The highest BCUT2D eigenvalue weighted by molar-refractivity contribution is 9.10. The van der Waals surface area contributed by atoms with Gasteiger partial charge in [-0.1, -0.05) is 0 Å². The van der Waals surface area contributed by atoms with Gasteiger partial charge in [-0.15, -0.1) is 0 Å². The summed E-state index contributed by atoms with van der Waals surface area (Å²) in [6, 6.07) is 4.98. The van der Waals surface area contributed by atoms with E-state index in [1.165, 1.54) is 12.8 Å². The van der Waals surface area contributed by atoms with Crippen LogP contribution >= 0.6 is 15.9 Å². The van der Waals surface area contributed by atoms with Crippen molar-refractivity contribution >= 4 is 27.5 Å². The second kappa shape index (κ2) is 5.59. The third-order valence-electron chi connectivity index (χ3n) is 4.06. The van der Waals surface area contributed by atoms with Gasteiger partial charge in [-0.25, -0.2) is 4.98 Å². The highest BCUT2D eigenvalue weighted by Crippen LogP contribution is 2.32. The number of aromatic nitrogens is 1. The normalized spacial score (nSPS) is 29.2. The van der Waals surface area contributed by atoms with Gasteiger partial charge in [-0.3, -0.25) is 4.79 Å². The molecule has 3 rings (SSSR count). The van der Waals surface area contributed by atoms with Crippen LogP contribution in [-0.4, -0.2) is 23.0 Å². The minimum Gasteiger partial charge on any atom is -0.325 e. The molecular formula is C14H18BrN3O. The second-order valence-electron chi connectivity index (χ2n) is 5.60. The van der Waals surface area contributed by atoms with Gasteiger partial charge in [0.15, 0.2) is 0 Å². The first kappa shape index (κ1) is 13.1. The molecule has 2 aliphatic heterocycles. The summed E-state index contributed by atoms with van der Waals surface area (Å²) < 4.78 is 0.778. The Morgan fingerprint density at radius 3 is 2.74 bits per heavy atom. The molecule has 2 bridgehead atoms. The van der Waals surface area contributed by atoms with Crippen LogP contribution in [0.1, 0.15) is 32.1 Å². The van der Waals surface area contributed by atoms with Gasteiger partial charge < -0.3 is 10.6 Å². The average Bonchev–Trinajstić information content (AvgIpc) is 2.72. The Morgan fingerprint density at radius 1 is 1.37 bits per heavy atom. The molecular weight excluding hydrogens is 306 g/mol. The van der Waals surface area contributed by atoms with Crippen molar-refractivity contribution in [3.63, 3.8) is 0 Å². The van der Waals surface area contributed by atoms with Crippen LogP contribution in [0.15, 0.2) is 22.9 Å². The van der Waals surface area contributed by atoms with Crippen LogP contribution in [0.25, 0.3) is 0 Å². The van der Waals surface area contributed by atoms with Gasteiger partial charge in [0, 0.05) is 18.5 Å². The summed E-state index contributed by atoms with van der Waals surface area (Å²) in [5.41, 5.74) is 0.769. The molecule has 0 aromatic carbocycles. The number of carbonyl (C=O) groups excluding carboxylic acids is 1. The van der Waals surface area contributed by atoms with Crippen LogP contribution in [0, 0.1) is 5.92 Å². The molecule has 2 aliphatic rings. The van der Waals surface area contributed by atoms with Crippen molar-refractivity contribution in [2.24, 2.45) is 5.92 Å². The van der Waals surface area contributed by atoms with E-state index in [1.807, 2.05) is 12.1 Å². The molecule has 0 radical (unpaired) electrons. The molecule has 2 fully saturated rings. The number of hydrogen-bond acceptors (Lipinski definition) is 3. The van der Waals surface area contributed by atoms with Crippen molar-refractivity contribution in [1.29, 1.82) is 0 Å². The molecule has 1 amide bonds. The van der Waals surface area contributed by atoms with Crippen LogP contribution in [0.5, 0.6) is 0 Å². The summed E-state index contributed by atoms with van der Waals surface area (Å²) in [7, 11) is 0. The molecule has 102 valence electrons. The zero-order valence-corrected chi connectivity index (χ0v) is 12.3. The number of hydrogen-bond donors (Lipinski definition) is 2. The third kappa shape index (κ3) is 3.34. The summed E-state index contributed by atoms with van der Waals surface area (Å²) >= 11 is 3.28. The van der Waals surface area contributed by atoms with Gasteiger partial charge in [-0.2, -0.15) is 0 Å². The van der Waals surface area contributed by atoms with Gasteiger partial charge in [0.1, 0.15) is 4.60 Å². The minimum absolute atomic E-state index is 0.107. The number of amides is 1. The Bertz CT molecular complexity index is 450. The molecule has 1 aromatic rings. The Morgan fingerprint density at radius 2 is 2.11 bits per heavy atom. The molecule has 19 heavy (non-hydrogen) atoms. The number of nitrogens with zero attached hydrogens (tertiary/aromatic N) is 1. The van der Waals surface area contributed by atoms with Crippen molar-refractivity contribution in [3.05, 3.63) is 22.9 Å². The van der Waals surface area contributed by atoms with Gasteiger partial charge in [-0.05, 0) is 59.7 Å². The smallest absolute Gasteiger partial charge is 0.224 e. The maximum absolute atomic E-state index is 12.0. The first-order valence-corrected chi connectivity index (χ1v) is 7.66. The highest BCUT2D eigenvalue weighted by Gasteiger charge is 2.34. The summed E-state index contributed by atoms with van der Waals surface area (Å²) in [5.74, 6) is 0.637. The predicted molar refractivity (Wildman–Crippen MR) is 77.9 cm³/mol. The molecule has 5 heteroatoms. The number of nitrogens with one attached hydrogen (secondary N) is 2. The van der Waals surface area contributed by atoms with Gasteiger partial charge in [0.05, 0.1) is 11.9 Å². The number of piperidine rings is 1. The first-order chi connectivity index (χ1) is 9.19. The van der Waals surface area contributed by atoms with E-state index >= 15 is 0 Å². The molecule has 3 heterocycles. The lowest BCUT2D eigenvalue weighted by Crippen LogP contribution is -2.39. The Labute approximate surface area is 121 Å². The SMILES string of the molecule is O=C(CC1CC2CCC(C1)N2)Nc1ccc(Br)nc1. The zero-order valence-electron chi connectivity index (χ0n) is 10.7. The molecule has 0 spiro atoms. The van der Waals surface area contributed by atoms with E-state index in [0.29, 0.717) is 24.4 Å². The summed E-state index contributed by atoms with van der Waals surface area (Å²) in [6.07, 6.45) is 7.14. The molecule has 2 unspecified atom stereocenters. The summed E-state index contributed by atoms with van der Waals surface area (Å²) in [6.45, 7) is 0. The Kier molecular flexibility index (Phi) is 3.84. The van der Waals surface area contributed by atoms with E-state index in [1.54, 1.807) is 6.20 Å². The van der Waals surface area contributed by atoms with E-state index in [2.05, 4.69) is 31.5 Å². The zero-order chi connectivity index (χ0) is 13.2. The molecule has 2 N–H and O–H groups in total. The number of fused-ring (bicyclic) bond motifs is 2. The topological polar surface area (TPSA) is 54.0 Å². The van der Waals surface area contributed by atoms with Gasteiger partial charge in [0.25, 0.3) is 0 Å². The van der Waals surface area contributed by atoms with Gasteiger partial charge >= 0.3 is 0 Å². The van der Waals surface area contributed by atoms with Crippen molar-refractivity contribution in [2.75, 3.05) is 5.32 Å². The monoisotopic (exact) mass is 323 g/mol. The third-order valence-corrected chi connectivity index (χ3v) is 4.52. The standard InChI is InChI=1S/C14H18BrN3O/c15-13-4-3-12(8-16-13)18-14(19)7-9-5-10-1-2-11(6-9)17-10/h3-4,8-11,17H,1-2,5-7H2,(H,18,19). The van der Waals surface area contributed by atoms with E-state index < -0.39 is 0 Å². The van der Waals surface area contributed by atoms with E-state index in [4.69, 9.17) is 0 Å².